The molecule has 0 radical (unpaired) electrons. The van der Waals surface area contributed by atoms with Crippen LogP contribution in [-0.4, -0.2) is 42.3 Å². The van der Waals surface area contributed by atoms with Crippen molar-refractivity contribution < 1.29 is 9.59 Å². The summed E-state index contributed by atoms with van der Waals surface area (Å²) in [5.74, 6) is -0.273. The largest absolute Gasteiger partial charge is 0.352 e. The number of hydrogen-bond donors (Lipinski definition) is 1. The minimum atomic E-state index is -0.179. The van der Waals surface area contributed by atoms with E-state index in [0.29, 0.717) is 0 Å². The average Bonchev–Trinajstić information content (AvgIpc) is 2.12. The maximum absolute atomic E-state index is 11.3. The molecule has 4 nitrogen and oxygen atoms in total. The molecule has 0 aliphatic heterocycles. The highest BCUT2D eigenvalue weighted by atomic mass is 16.2. The van der Waals surface area contributed by atoms with Gasteiger partial charge in [0.15, 0.2) is 0 Å². The summed E-state index contributed by atoms with van der Waals surface area (Å²) in [5.41, 5.74) is 0. The lowest BCUT2D eigenvalue weighted by Gasteiger charge is -2.23. The van der Waals surface area contributed by atoms with Crippen LogP contribution in [0.3, 0.4) is 0 Å². The second-order valence-corrected chi connectivity index (χ2v) is 3.83. The molecule has 0 aliphatic rings. The third-order valence-corrected chi connectivity index (χ3v) is 2.24. The van der Waals surface area contributed by atoms with Crippen LogP contribution >= 0.6 is 0 Å². The van der Waals surface area contributed by atoms with Crippen molar-refractivity contribution in [1.82, 2.24) is 10.2 Å². The predicted octanol–water partition coefficient (Wildman–Crippen LogP) is 0.812. The zero-order valence-electron chi connectivity index (χ0n) is 10.2. The van der Waals surface area contributed by atoms with Gasteiger partial charge in [-0.05, 0) is 26.9 Å². The molecule has 0 aromatic carbocycles. The molecule has 0 aromatic rings. The van der Waals surface area contributed by atoms with E-state index in [2.05, 4.69) is 24.1 Å². The van der Waals surface area contributed by atoms with Gasteiger partial charge in [-0.25, -0.2) is 0 Å². The molecule has 1 unspecified atom stereocenters. The molecule has 15 heavy (non-hydrogen) atoms. The Labute approximate surface area is 92.0 Å². The molecule has 0 bridgehead atoms. The van der Waals surface area contributed by atoms with Crippen LogP contribution in [-0.2, 0) is 9.59 Å². The van der Waals surface area contributed by atoms with Crippen LogP contribution in [0.1, 0.15) is 34.1 Å². The zero-order valence-corrected chi connectivity index (χ0v) is 10.2. The third kappa shape index (κ3) is 7.08. The maximum Gasteiger partial charge on any atom is 0.227 e. The predicted molar refractivity (Wildman–Crippen MR) is 60.7 cm³/mol. The van der Waals surface area contributed by atoms with Crippen molar-refractivity contribution in [2.24, 2.45) is 0 Å². The third-order valence-electron chi connectivity index (χ3n) is 2.24. The Balaban J connectivity index is 3.86. The number of Topliss-reactive ketones (excluding diaryl/α,β-unsaturated/α-hetero) is 1. The molecule has 0 spiro atoms. The Hall–Kier alpha value is -0.900. The molecule has 0 aliphatic carbocycles. The molecule has 0 rings (SSSR count). The topological polar surface area (TPSA) is 49.4 Å². The maximum atomic E-state index is 11.3. The van der Waals surface area contributed by atoms with E-state index in [9.17, 15) is 9.59 Å². The summed E-state index contributed by atoms with van der Waals surface area (Å²) in [4.78, 5) is 24.2. The molecule has 1 amide bonds. The van der Waals surface area contributed by atoms with Crippen LogP contribution < -0.4 is 5.32 Å². The van der Waals surface area contributed by atoms with Gasteiger partial charge in [-0.1, -0.05) is 13.8 Å². The summed E-state index contributed by atoms with van der Waals surface area (Å²) in [6.07, 6.45) is -0.0113. The van der Waals surface area contributed by atoms with Crippen LogP contribution in [0.4, 0.5) is 0 Å². The number of hydrogen-bond acceptors (Lipinski definition) is 3. The van der Waals surface area contributed by atoms with Gasteiger partial charge in [0.1, 0.15) is 5.78 Å². The lowest BCUT2D eigenvalue weighted by molar-refractivity contribution is -0.127. The van der Waals surface area contributed by atoms with Crippen molar-refractivity contribution in [3.05, 3.63) is 0 Å². The number of rotatable bonds is 7. The lowest BCUT2D eigenvalue weighted by atomic mass is 10.2. The number of carbonyl (C=O) groups excluding carboxylic acids is 2. The Morgan fingerprint density at radius 3 is 2.20 bits per heavy atom. The normalized spacial score (nSPS) is 12.6. The van der Waals surface area contributed by atoms with Crippen LogP contribution in [0.15, 0.2) is 0 Å². The van der Waals surface area contributed by atoms with Gasteiger partial charge in [-0.2, -0.15) is 0 Å². The molecule has 0 saturated carbocycles. The molecular formula is C11H22N2O2. The lowest BCUT2D eigenvalue weighted by Crippen LogP contribution is -2.42. The van der Waals surface area contributed by atoms with E-state index < -0.39 is 0 Å². The molecule has 0 aromatic heterocycles. The molecule has 0 fully saturated rings. The van der Waals surface area contributed by atoms with Crippen LogP contribution in [0.25, 0.3) is 0 Å². The molecule has 1 N–H and O–H groups in total. The molecule has 88 valence electrons. The van der Waals surface area contributed by atoms with E-state index in [4.69, 9.17) is 0 Å². The number of amides is 1. The van der Waals surface area contributed by atoms with Gasteiger partial charge in [-0.15, -0.1) is 0 Å². The highest BCUT2D eigenvalue weighted by Crippen LogP contribution is 1.92. The zero-order chi connectivity index (χ0) is 11.8. The monoisotopic (exact) mass is 214 g/mol. The minimum absolute atomic E-state index is 0.0113. The molecule has 0 saturated heterocycles. The van der Waals surface area contributed by atoms with Crippen molar-refractivity contribution in [3.8, 4) is 0 Å². The van der Waals surface area contributed by atoms with E-state index in [-0.39, 0.29) is 24.2 Å². The van der Waals surface area contributed by atoms with E-state index in [1.54, 1.807) is 0 Å². The summed E-state index contributed by atoms with van der Waals surface area (Å²) in [7, 11) is 0. The number of nitrogens with one attached hydrogen (secondary N) is 1. The Bertz CT molecular complexity index is 213. The van der Waals surface area contributed by atoms with Crippen LogP contribution in [0.5, 0.6) is 0 Å². The number of nitrogens with zero attached hydrogens (tertiary/aromatic N) is 1. The van der Waals surface area contributed by atoms with Crippen molar-refractivity contribution in [1.29, 1.82) is 0 Å². The highest BCUT2D eigenvalue weighted by molar-refractivity contribution is 5.96. The van der Waals surface area contributed by atoms with E-state index in [0.717, 1.165) is 19.6 Å². The fraction of sp³-hybridized carbons (Fsp3) is 0.818. The fourth-order valence-corrected chi connectivity index (χ4v) is 1.47. The van der Waals surface area contributed by atoms with Crippen LogP contribution in [0.2, 0.25) is 0 Å². The van der Waals surface area contributed by atoms with Gasteiger partial charge in [0.05, 0.1) is 6.42 Å². The summed E-state index contributed by atoms with van der Waals surface area (Å²) in [6.45, 7) is 10.3. The summed E-state index contributed by atoms with van der Waals surface area (Å²) >= 11 is 0. The van der Waals surface area contributed by atoms with E-state index >= 15 is 0 Å². The Morgan fingerprint density at radius 1 is 1.27 bits per heavy atom. The van der Waals surface area contributed by atoms with E-state index in [1.165, 1.54) is 6.92 Å². The fourth-order valence-electron chi connectivity index (χ4n) is 1.47. The molecular weight excluding hydrogens is 192 g/mol. The standard InChI is InChI=1S/C11H22N2O2/c1-5-13(6-2)8-9(3)12-11(15)7-10(4)14/h9H,5-8H2,1-4H3,(H,12,15). The van der Waals surface area contributed by atoms with E-state index in [1.807, 2.05) is 6.92 Å². The summed E-state index contributed by atoms with van der Waals surface area (Å²) in [5, 5.41) is 2.81. The number of carbonyl (C=O) groups is 2. The summed E-state index contributed by atoms with van der Waals surface area (Å²) < 4.78 is 0. The van der Waals surface area contributed by atoms with Gasteiger partial charge in [0.25, 0.3) is 0 Å². The molecule has 0 heterocycles. The van der Waals surface area contributed by atoms with Crippen molar-refractivity contribution in [2.45, 2.75) is 40.2 Å². The average molecular weight is 214 g/mol. The first kappa shape index (κ1) is 14.1. The van der Waals surface area contributed by atoms with Gasteiger partial charge in [0.2, 0.25) is 5.91 Å². The quantitative estimate of drug-likeness (QED) is 0.638. The van der Waals surface area contributed by atoms with Gasteiger partial charge in [-0.3, -0.25) is 9.59 Å². The number of likely N-dealkylation sites (N-methyl/N-ethyl adjacent to an activating group) is 1. The first-order chi connectivity index (χ1) is 6.99. The first-order valence-corrected chi connectivity index (χ1v) is 5.50. The second kappa shape index (κ2) is 7.40. The molecule has 4 heteroatoms. The number of ketones is 1. The second-order valence-electron chi connectivity index (χ2n) is 3.83. The molecule has 1 atom stereocenters. The van der Waals surface area contributed by atoms with Crippen molar-refractivity contribution >= 4 is 11.7 Å². The first-order valence-electron chi connectivity index (χ1n) is 5.50. The van der Waals surface area contributed by atoms with Gasteiger partial charge < -0.3 is 10.2 Å². The smallest absolute Gasteiger partial charge is 0.227 e. The Kier molecular flexibility index (Phi) is 6.96. The van der Waals surface area contributed by atoms with Gasteiger partial charge >= 0.3 is 0 Å². The van der Waals surface area contributed by atoms with Crippen molar-refractivity contribution in [3.63, 3.8) is 0 Å². The minimum Gasteiger partial charge on any atom is -0.352 e. The SMILES string of the molecule is CCN(CC)CC(C)NC(=O)CC(C)=O. The summed E-state index contributed by atoms with van der Waals surface area (Å²) in [6, 6.07) is 0.0942. The van der Waals surface area contributed by atoms with Crippen molar-refractivity contribution in [2.75, 3.05) is 19.6 Å². The van der Waals surface area contributed by atoms with Crippen LogP contribution in [0, 0.1) is 0 Å². The van der Waals surface area contributed by atoms with Gasteiger partial charge in [0, 0.05) is 12.6 Å². The highest BCUT2D eigenvalue weighted by Gasteiger charge is 2.11. The Morgan fingerprint density at radius 2 is 1.80 bits per heavy atom.